The van der Waals surface area contributed by atoms with Gasteiger partial charge in [0.05, 0.1) is 5.41 Å². The number of urea groups is 1. The van der Waals surface area contributed by atoms with Gasteiger partial charge in [-0.05, 0) is 32.1 Å². The molecule has 116 valence electrons. The van der Waals surface area contributed by atoms with E-state index in [1.807, 2.05) is 34.6 Å². The Kier molecular flexibility index (Phi) is 5.05. The van der Waals surface area contributed by atoms with Crippen molar-refractivity contribution in [3.63, 3.8) is 0 Å². The molecule has 0 aromatic heterocycles. The minimum Gasteiger partial charge on any atom is -0.481 e. The number of likely N-dealkylation sites (tertiary alicyclic amines) is 1. The number of hydrogen-bond donors (Lipinski definition) is 2. The number of carbonyl (C=O) groups excluding carboxylic acids is 1. The summed E-state index contributed by atoms with van der Waals surface area (Å²) >= 11 is 0. The van der Waals surface area contributed by atoms with E-state index in [0.717, 1.165) is 12.8 Å². The zero-order chi connectivity index (χ0) is 15.6. The maximum absolute atomic E-state index is 12.3. The fourth-order valence-corrected chi connectivity index (χ4v) is 2.66. The lowest BCUT2D eigenvalue weighted by molar-refractivity contribution is -0.150. The molecule has 1 heterocycles. The second kappa shape index (κ2) is 6.02. The average molecular weight is 284 g/mol. The molecular weight excluding hydrogens is 256 g/mol. The van der Waals surface area contributed by atoms with Crippen molar-refractivity contribution in [2.75, 3.05) is 13.1 Å². The summed E-state index contributed by atoms with van der Waals surface area (Å²) < 4.78 is 0. The average Bonchev–Trinajstić information content (AvgIpc) is 2.85. The Morgan fingerprint density at radius 3 is 2.25 bits per heavy atom. The number of carbonyl (C=O) groups is 2. The topological polar surface area (TPSA) is 69.6 Å². The molecule has 0 aromatic carbocycles. The Bertz CT molecular complexity index is 377. The number of rotatable bonds is 5. The number of hydrogen-bond acceptors (Lipinski definition) is 2. The van der Waals surface area contributed by atoms with Crippen LogP contribution in [0.2, 0.25) is 0 Å². The van der Waals surface area contributed by atoms with Crippen LogP contribution in [-0.2, 0) is 4.79 Å². The lowest BCUT2D eigenvalue weighted by Crippen LogP contribution is -2.51. The first-order valence-corrected chi connectivity index (χ1v) is 7.51. The van der Waals surface area contributed by atoms with Gasteiger partial charge in [0.15, 0.2) is 0 Å². The molecule has 1 aliphatic rings. The van der Waals surface area contributed by atoms with Crippen molar-refractivity contribution in [3.05, 3.63) is 0 Å². The van der Waals surface area contributed by atoms with E-state index >= 15 is 0 Å². The van der Waals surface area contributed by atoms with Crippen LogP contribution in [0, 0.1) is 11.3 Å². The molecule has 1 unspecified atom stereocenters. The molecule has 1 aliphatic heterocycles. The van der Waals surface area contributed by atoms with Gasteiger partial charge < -0.3 is 15.3 Å². The van der Waals surface area contributed by atoms with Gasteiger partial charge >= 0.3 is 12.0 Å². The summed E-state index contributed by atoms with van der Waals surface area (Å²) in [5, 5.41) is 12.5. The van der Waals surface area contributed by atoms with Crippen LogP contribution in [-0.4, -0.2) is 40.6 Å². The van der Waals surface area contributed by atoms with Gasteiger partial charge in [-0.3, -0.25) is 4.79 Å². The van der Waals surface area contributed by atoms with Gasteiger partial charge in [-0.2, -0.15) is 0 Å². The van der Waals surface area contributed by atoms with E-state index in [1.165, 1.54) is 0 Å². The SMILES string of the molecule is CCC(C)(CC)NC(=O)N1CCC(C(=O)O)(C(C)C)C1. The third kappa shape index (κ3) is 3.07. The van der Waals surface area contributed by atoms with Crippen LogP contribution < -0.4 is 5.32 Å². The Morgan fingerprint density at radius 2 is 1.90 bits per heavy atom. The van der Waals surface area contributed by atoms with Crippen molar-refractivity contribution in [1.29, 1.82) is 0 Å². The molecule has 0 spiro atoms. The smallest absolute Gasteiger partial charge is 0.317 e. The van der Waals surface area contributed by atoms with Crippen molar-refractivity contribution in [2.45, 2.75) is 59.4 Å². The summed E-state index contributed by atoms with van der Waals surface area (Å²) in [6.07, 6.45) is 2.25. The first kappa shape index (κ1) is 16.8. The molecule has 1 rings (SSSR count). The summed E-state index contributed by atoms with van der Waals surface area (Å²) in [6, 6.07) is -0.139. The van der Waals surface area contributed by atoms with Crippen molar-refractivity contribution in [3.8, 4) is 0 Å². The van der Waals surface area contributed by atoms with Crippen LogP contribution in [0.4, 0.5) is 4.79 Å². The van der Waals surface area contributed by atoms with Crippen LogP contribution in [0.15, 0.2) is 0 Å². The number of carboxylic acid groups (broad SMARTS) is 1. The molecule has 2 N–H and O–H groups in total. The fraction of sp³-hybridized carbons (Fsp3) is 0.867. The van der Waals surface area contributed by atoms with Gasteiger partial charge in [0, 0.05) is 18.6 Å². The molecule has 1 fully saturated rings. The van der Waals surface area contributed by atoms with Crippen LogP contribution >= 0.6 is 0 Å². The third-order valence-electron chi connectivity index (χ3n) is 5.09. The zero-order valence-electron chi connectivity index (χ0n) is 13.3. The molecule has 5 heteroatoms. The van der Waals surface area contributed by atoms with Crippen molar-refractivity contribution < 1.29 is 14.7 Å². The second-order valence-electron chi connectivity index (χ2n) is 6.49. The Balaban J connectivity index is 2.77. The highest BCUT2D eigenvalue weighted by molar-refractivity contribution is 5.80. The lowest BCUT2D eigenvalue weighted by Gasteiger charge is -2.32. The molecule has 5 nitrogen and oxygen atoms in total. The van der Waals surface area contributed by atoms with E-state index in [1.54, 1.807) is 4.90 Å². The normalized spacial score (nSPS) is 23.2. The summed E-state index contributed by atoms with van der Waals surface area (Å²) in [5.74, 6) is -0.780. The summed E-state index contributed by atoms with van der Waals surface area (Å²) in [4.78, 5) is 25.6. The Labute approximate surface area is 121 Å². The fourth-order valence-electron chi connectivity index (χ4n) is 2.66. The van der Waals surface area contributed by atoms with Crippen molar-refractivity contribution in [1.82, 2.24) is 10.2 Å². The minimum absolute atomic E-state index is 0.0153. The van der Waals surface area contributed by atoms with E-state index < -0.39 is 11.4 Å². The standard InChI is InChI=1S/C15H28N2O3/c1-6-14(5,7-2)16-13(20)17-9-8-15(10-17,11(3)4)12(18)19/h11H,6-10H2,1-5H3,(H,16,20)(H,18,19). The number of nitrogens with one attached hydrogen (secondary N) is 1. The number of amides is 2. The third-order valence-corrected chi connectivity index (χ3v) is 5.09. The molecular formula is C15H28N2O3. The summed E-state index contributed by atoms with van der Waals surface area (Å²) in [7, 11) is 0. The van der Waals surface area contributed by atoms with Gasteiger partial charge in [0.25, 0.3) is 0 Å². The Hall–Kier alpha value is -1.26. The highest BCUT2D eigenvalue weighted by Crippen LogP contribution is 2.38. The molecule has 0 aromatic rings. The monoisotopic (exact) mass is 284 g/mol. The van der Waals surface area contributed by atoms with Crippen molar-refractivity contribution in [2.24, 2.45) is 11.3 Å². The van der Waals surface area contributed by atoms with E-state index in [9.17, 15) is 14.7 Å². The van der Waals surface area contributed by atoms with Gasteiger partial charge in [-0.25, -0.2) is 4.79 Å². The number of nitrogens with zero attached hydrogens (tertiary/aromatic N) is 1. The van der Waals surface area contributed by atoms with Crippen LogP contribution in [0.5, 0.6) is 0 Å². The molecule has 0 bridgehead atoms. The second-order valence-corrected chi connectivity index (χ2v) is 6.49. The molecule has 1 saturated heterocycles. The quantitative estimate of drug-likeness (QED) is 0.815. The molecule has 0 aliphatic carbocycles. The highest BCUT2D eigenvalue weighted by atomic mass is 16.4. The highest BCUT2D eigenvalue weighted by Gasteiger charge is 2.48. The first-order chi connectivity index (χ1) is 9.20. The maximum atomic E-state index is 12.3. The van der Waals surface area contributed by atoms with Crippen LogP contribution in [0.25, 0.3) is 0 Å². The molecule has 1 atom stereocenters. The molecule has 2 amide bonds. The van der Waals surface area contributed by atoms with Crippen LogP contribution in [0.3, 0.4) is 0 Å². The Morgan fingerprint density at radius 1 is 1.35 bits per heavy atom. The minimum atomic E-state index is -0.799. The van der Waals surface area contributed by atoms with E-state index in [-0.39, 0.29) is 17.5 Å². The largest absolute Gasteiger partial charge is 0.481 e. The van der Waals surface area contributed by atoms with E-state index in [0.29, 0.717) is 19.5 Å². The van der Waals surface area contributed by atoms with Gasteiger partial charge in [-0.1, -0.05) is 27.7 Å². The van der Waals surface area contributed by atoms with Gasteiger partial charge in [0.2, 0.25) is 0 Å². The maximum Gasteiger partial charge on any atom is 0.317 e. The van der Waals surface area contributed by atoms with E-state index in [2.05, 4.69) is 5.32 Å². The van der Waals surface area contributed by atoms with Gasteiger partial charge in [0.1, 0.15) is 0 Å². The predicted octanol–water partition coefficient (Wildman–Crippen LogP) is 2.71. The first-order valence-electron chi connectivity index (χ1n) is 7.51. The molecule has 0 saturated carbocycles. The summed E-state index contributed by atoms with van der Waals surface area (Å²) in [5.41, 5.74) is -1.02. The lowest BCUT2D eigenvalue weighted by atomic mass is 9.76. The molecule has 0 radical (unpaired) electrons. The number of carboxylic acids is 1. The van der Waals surface area contributed by atoms with E-state index in [4.69, 9.17) is 0 Å². The summed E-state index contributed by atoms with van der Waals surface area (Å²) in [6.45, 7) is 10.8. The van der Waals surface area contributed by atoms with Crippen LogP contribution in [0.1, 0.15) is 53.9 Å². The van der Waals surface area contributed by atoms with Crippen molar-refractivity contribution >= 4 is 12.0 Å². The van der Waals surface area contributed by atoms with Gasteiger partial charge in [-0.15, -0.1) is 0 Å². The molecule has 20 heavy (non-hydrogen) atoms. The number of aliphatic carboxylic acids is 1. The zero-order valence-corrected chi connectivity index (χ0v) is 13.3. The predicted molar refractivity (Wildman–Crippen MR) is 78.6 cm³/mol.